The lowest BCUT2D eigenvalue weighted by atomic mass is 10.5. The molecule has 0 bridgehead atoms. The van der Waals surface area contributed by atoms with Crippen LogP contribution in [-0.4, -0.2) is 38.0 Å². The van der Waals surface area contributed by atoms with Crippen LogP contribution in [0, 0.1) is 0 Å². The second-order valence-corrected chi connectivity index (χ2v) is 2.31. The second-order valence-electron chi connectivity index (χ2n) is 2.31. The number of nitrogens with one attached hydrogen (secondary N) is 1. The molecule has 12 heavy (non-hydrogen) atoms. The zero-order valence-corrected chi connectivity index (χ0v) is 8.00. The number of amidine groups is 1. The molecule has 0 aromatic carbocycles. The van der Waals surface area contributed by atoms with Gasteiger partial charge in [0.1, 0.15) is 6.61 Å². The van der Waals surface area contributed by atoms with E-state index in [4.69, 9.17) is 4.74 Å². The number of hydrogen-bond donors (Lipinski definition) is 1. The Balaban J connectivity index is 4.09. The Morgan fingerprint density at radius 2 is 2.42 bits per heavy atom. The first-order valence-electron chi connectivity index (χ1n) is 3.89. The van der Waals surface area contributed by atoms with Gasteiger partial charge in [-0.2, -0.15) is 5.10 Å². The molecule has 0 aromatic rings. The average molecular weight is 171 g/mol. The third-order valence-corrected chi connectivity index (χ3v) is 1.47. The molecule has 0 saturated carbocycles. The molecular weight excluding hydrogens is 154 g/mol. The summed E-state index contributed by atoms with van der Waals surface area (Å²) in [6, 6.07) is 0. The highest BCUT2D eigenvalue weighted by Crippen LogP contribution is 1.87. The van der Waals surface area contributed by atoms with Crippen LogP contribution in [0.25, 0.3) is 0 Å². The molecule has 0 heterocycles. The number of likely N-dealkylation sites (N-methyl/N-ethyl adjacent to an activating group) is 1. The van der Waals surface area contributed by atoms with Crippen molar-refractivity contribution in [3.8, 4) is 0 Å². The van der Waals surface area contributed by atoms with Gasteiger partial charge in [0, 0.05) is 26.9 Å². The van der Waals surface area contributed by atoms with Crippen LogP contribution in [0.15, 0.2) is 17.9 Å². The third kappa shape index (κ3) is 3.98. The summed E-state index contributed by atoms with van der Waals surface area (Å²) in [5, 5.41) is 4.05. The van der Waals surface area contributed by atoms with Crippen LogP contribution >= 0.6 is 0 Å². The van der Waals surface area contributed by atoms with Gasteiger partial charge in [0.2, 0.25) is 0 Å². The van der Waals surface area contributed by atoms with E-state index in [1.165, 1.54) is 6.20 Å². The maximum atomic E-state index is 4.98. The van der Waals surface area contributed by atoms with E-state index in [2.05, 4.69) is 24.0 Å². The van der Waals surface area contributed by atoms with Crippen LogP contribution in [0.2, 0.25) is 0 Å². The van der Waals surface area contributed by atoms with E-state index in [0.29, 0.717) is 6.61 Å². The fourth-order valence-corrected chi connectivity index (χ4v) is 0.660. The zero-order valence-electron chi connectivity index (χ0n) is 8.00. The molecule has 1 N–H and O–H groups in total. The number of ether oxygens (including phenoxy) is 1. The Morgan fingerprint density at radius 1 is 1.75 bits per heavy atom. The first-order valence-corrected chi connectivity index (χ1v) is 3.89. The van der Waals surface area contributed by atoms with Crippen molar-refractivity contribution in [2.24, 2.45) is 5.10 Å². The molecule has 0 unspecified atom stereocenters. The van der Waals surface area contributed by atoms with Crippen molar-refractivity contribution >= 4 is 5.84 Å². The maximum absolute atomic E-state index is 4.98. The zero-order chi connectivity index (χ0) is 9.40. The summed E-state index contributed by atoms with van der Waals surface area (Å²) in [7, 11) is 3.61. The van der Waals surface area contributed by atoms with E-state index < -0.39 is 0 Å². The minimum Gasteiger partial charge on any atom is -0.377 e. The van der Waals surface area contributed by atoms with Crippen molar-refractivity contribution in [3.05, 3.63) is 12.8 Å². The average Bonchev–Trinajstić information content (AvgIpc) is 2.11. The van der Waals surface area contributed by atoms with Crippen molar-refractivity contribution in [1.29, 1.82) is 0 Å². The predicted octanol–water partition coefficient (Wildman–Crippen LogP) is 0.631. The molecular formula is C8H17N3O. The van der Waals surface area contributed by atoms with E-state index in [1.807, 2.05) is 11.9 Å². The van der Waals surface area contributed by atoms with Crippen molar-refractivity contribution in [3.63, 3.8) is 0 Å². The summed E-state index contributed by atoms with van der Waals surface area (Å²) in [5.41, 5.74) is 2.68. The molecule has 0 aliphatic rings. The molecule has 0 radical (unpaired) electrons. The highest BCUT2D eigenvalue weighted by molar-refractivity contribution is 5.83. The van der Waals surface area contributed by atoms with Crippen LogP contribution in [-0.2, 0) is 4.74 Å². The number of rotatable bonds is 5. The Morgan fingerprint density at radius 3 is 2.83 bits per heavy atom. The van der Waals surface area contributed by atoms with Crippen molar-refractivity contribution in [2.45, 2.75) is 6.92 Å². The van der Waals surface area contributed by atoms with Crippen LogP contribution < -0.4 is 5.43 Å². The molecule has 0 fully saturated rings. The summed E-state index contributed by atoms with van der Waals surface area (Å²) in [5.74, 6) is 0.861. The van der Waals surface area contributed by atoms with Gasteiger partial charge in [-0.05, 0) is 6.92 Å². The van der Waals surface area contributed by atoms with Crippen LogP contribution in [0.3, 0.4) is 0 Å². The molecule has 0 aliphatic heterocycles. The van der Waals surface area contributed by atoms with E-state index in [-0.39, 0.29) is 0 Å². The fourth-order valence-electron chi connectivity index (χ4n) is 0.660. The molecule has 4 nitrogen and oxygen atoms in total. The quantitative estimate of drug-likeness (QED) is 0.374. The smallest absolute Gasteiger partial charge is 0.150 e. The van der Waals surface area contributed by atoms with Crippen LogP contribution in [0.4, 0.5) is 0 Å². The predicted molar refractivity (Wildman–Crippen MR) is 50.9 cm³/mol. The summed E-state index contributed by atoms with van der Waals surface area (Å²) in [4.78, 5) is 2.00. The number of methoxy groups -OCH3 is 1. The molecule has 4 heteroatoms. The molecule has 0 spiro atoms. The van der Waals surface area contributed by atoms with Gasteiger partial charge >= 0.3 is 0 Å². The first-order chi connectivity index (χ1) is 5.76. The van der Waals surface area contributed by atoms with Crippen molar-refractivity contribution in [1.82, 2.24) is 10.3 Å². The van der Waals surface area contributed by atoms with Gasteiger partial charge in [0.15, 0.2) is 5.84 Å². The Labute approximate surface area is 73.9 Å². The van der Waals surface area contributed by atoms with E-state index in [1.54, 1.807) is 7.11 Å². The first kappa shape index (κ1) is 11.0. The molecule has 0 saturated heterocycles. The Hall–Kier alpha value is -1.03. The highest BCUT2D eigenvalue weighted by Gasteiger charge is 2.02. The van der Waals surface area contributed by atoms with E-state index in [0.717, 1.165) is 12.4 Å². The SMILES string of the molecule is C=CN/N=C(/COC)N(C)CC. The highest BCUT2D eigenvalue weighted by atomic mass is 16.5. The maximum Gasteiger partial charge on any atom is 0.150 e. The van der Waals surface area contributed by atoms with Crippen molar-refractivity contribution < 1.29 is 4.74 Å². The van der Waals surface area contributed by atoms with E-state index >= 15 is 0 Å². The molecule has 0 rings (SSSR count). The molecule has 0 aromatic heterocycles. The van der Waals surface area contributed by atoms with E-state index in [9.17, 15) is 0 Å². The van der Waals surface area contributed by atoms with Gasteiger partial charge in [0.25, 0.3) is 0 Å². The second kappa shape index (κ2) is 6.67. The van der Waals surface area contributed by atoms with Gasteiger partial charge in [-0.15, -0.1) is 0 Å². The molecule has 70 valence electrons. The fraction of sp³-hybridized carbons (Fsp3) is 0.625. The Bertz CT molecular complexity index is 156. The monoisotopic (exact) mass is 171 g/mol. The number of nitrogens with zero attached hydrogens (tertiary/aromatic N) is 2. The minimum absolute atomic E-state index is 0.505. The van der Waals surface area contributed by atoms with Gasteiger partial charge in [-0.1, -0.05) is 6.58 Å². The summed E-state index contributed by atoms with van der Waals surface area (Å²) < 4.78 is 4.98. The topological polar surface area (TPSA) is 36.9 Å². The number of hydrogen-bond acceptors (Lipinski definition) is 3. The van der Waals surface area contributed by atoms with Crippen LogP contribution in [0.1, 0.15) is 6.92 Å². The minimum atomic E-state index is 0.505. The summed E-state index contributed by atoms with van der Waals surface area (Å²) in [6.45, 7) is 6.96. The van der Waals surface area contributed by atoms with Gasteiger partial charge in [-0.25, -0.2) is 0 Å². The standard InChI is InChI=1S/C8H17N3O/c1-5-9-10-8(7-12-4)11(3)6-2/h5,9H,1,6-7H2,2-4H3/b10-8-. The molecule has 0 aliphatic carbocycles. The number of hydrazone groups is 1. The normalized spacial score (nSPS) is 11.1. The van der Waals surface area contributed by atoms with Gasteiger partial charge < -0.3 is 9.64 Å². The lowest BCUT2D eigenvalue weighted by Gasteiger charge is -2.17. The van der Waals surface area contributed by atoms with Crippen molar-refractivity contribution in [2.75, 3.05) is 27.3 Å². The molecule has 0 amide bonds. The Kier molecular flexibility index (Phi) is 6.09. The summed E-state index contributed by atoms with van der Waals surface area (Å²) >= 11 is 0. The third-order valence-electron chi connectivity index (χ3n) is 1.47. The lowest BCUT2D eigenvalue weighted by Crippen LogP contribution is -2.31. The van der Waals surface area contributed by atoms with Crippen LogP contribution in [0.5, 0.6) is 0 Å². The van der Waals surface area contributed by atoms with Gasteiger partial charge in [0.05, 0.1) is 0 Å². The molecule has 0 atom stereocenters. The lowest BCUT2D eigenvalue weighted by molar-refractivity contribution is 0.233. The largest absolute Gasteiger partial charge is 0.377 e. The van der Waals surface area contributed by atoms with Gasteiger partial charge in [-0.3, -0.25) is 5.43 Å². The summed E-state index contributed by atoms with van der Waals surface area (Å²) in [6.07, 6.45) is 1.53.